The van der Waals surface area contributed by atoms with Crippen molar-refractivity contribution < 1.29 is 13.2 Å². The van der Waals surface area contributed by atoms with Crippen LogP contribution in [0.1, 0.15) is 29.5 Å². The lowest BCUT2D eigenvalue weighted by molar-refractivity contribution is -0.121. The summed E-state index contributed by atoms with van der Waals surface area (Å²) in [6.45, 7) is 4.49. The smallest absolute Gasteiger partial charge is 0.242 e. The van der Waals surface area contributed by atoms with Crippen molar-refractivity contribution in [1.82, 2.24) is 9.62 Å². The van der Waals surface area contributed by atoms with Crippen LogP contribution in [-0.4, -0.2) is 38.8 Å². The molecule has 0 unspecified atom stereocenters. The van der Waals surface area contributed by atoms with Gasteiger partial charge >= 0.3 is 0 Å². The molecular weight excluding hydrogens is 360 g/mol. The summed E-state index contributed by atoms with van der Waals surface area (Å²) in [4.78, 5) is 12.2. The number of rotatable bonds is 9. The number of amides is 1. The predicted molar refractivity (Wildman–Crippen MR) is 108 cm³/mol. The van der Waals surface area contributed by atoms with Gasteiger partial charge in [0.25, 0.3) is 0 Å². The van der Waals surface area contributed by atoms with Gasteiger partial charge in [-0.1, -0.05) is 47.5 Å². The minimum Gasteiger partial charge on any atom is -0.355 e. The van der Waals surface area contributed by atoms with Crippen LogP contribution < -0.4 is 5.32 Å². The number of aryl methyl sites for hydroxylation is 3. The average Bonchev–Trinajstić information content (AvgIpc) is 2.63. The Hall–Kier alpha value is -2.18. The summed E-state index contributed by atoms with van der Waals surface area (Å²) < 4.78 is 26.2. The molecule has 0 saturated heterocycles. The van der Waals surface area contributed by atoms with Gasteiger partial charge in [-0.2, -0.15) is 4.31 Å². The third-order valence-corrected chi connectivity index (χ3v) is 6.34. The van der Waals surface area contributed by atoms with Gasteiger partial charge < -0.3 is 5.32 Å². The Balaban J connectivity index is 1.72. The molecule has 1 N–H and O–H groups in total. The topological polar surface area (TPSA) is 66.5 Å². The van der Waals surface area contributed by atoms with E-state index in [9.17, 15) is 13.2 Å². The monoisotopic (exact) mass is 388 g/mol. The van der Waals surface area contributed by atoms with Gasteiger partial charge in [0.1, 0.15) is 0 Å². The summed E-state index contributed by atoms with van der Waals surface area (Å²) in [6, 6.07) is 15.1. The van der Waals surface area contributed by atoms with E-state index >= 15 is 0 Å². The lowest BCUT2D eigenvalue weighted by atomic mass is 10.1. The molecule has 0 bridgehead atoms. The molecule has 27 heavy (non-hydrogen) atoms. The average molecular weight is 389 g/mol. The molecule has 0 radical (unpaired) electrons. The molecule has 146 valence electrons. The number of carbonyl (C=O) groups is 1. The molecule has 0 fully saturated rings. The zero-order chi connectivity index (χ0) is 19.9. The Morgan fingerprint density at radius 2 is 1.52 bits per heavy atom. The van der Waals surface area contributed by atoms with Gasteiger partial charge in [0.15, 0.2) is 0 Å². The van der Waals surface area contributed by atoms with E-state index in [4.69, 9.17) is 0 Å². The molecule has 6 heteroatoms. The molecule has 0 aliphatic carbocycles. The highest BCUT2D eigenvalue weighted by molar-refractivity contribution is 7.89. The summed E-state index contributed by atoms with van der Waals surface area (Å²) in [5, 5.41) is 2.80. The second kappa shape index (κ2) is 9.67. The fourth-order valence-electron chi connectivity index (χ4n) is 2.66. The molecule has 2 rings (SSSR count). The van der Waals surface area contributed by atoms with Crippen LogP contribution in [0.15, 0.2) is 53.4 Å². The van der Waals surface area contributed by atoms with E-state index in [2.05, 4.69) is 29.6 Å². The van der Waals surface area contributed by atoms with Crippen LogP contribution in [0.25, 0.3) is 0 Å². The van der Waals surface area contributed by atoms with Crippen LogP contribution in [0.3, 0.4) is 0 Å². The molecule has 0 saturated carbocycles. The van der Waals surface area contributed by atoms with Gasteiger partial charge in [-0.25, -0.2) is 8.42 Å². The van der Waals surface area contributed by atoms with E-state index < -0.39 is 10.0 Å². The second-order valence-corrected chi connectivity index (χ2v) is 8.87. The number of carbonyl (C=O) groups excluding carboxylic acids is 1. The quantitative estimate of drug-likeness (QED) is 0.718. The first kappa shape index (κ1) is 21.1. The highest BCUT2D eigenvalue weighted by Crippen LogP contribution is 2.14. The standard InChI is InChI=1S/C21H28N2O3S/c1-17-7-11-19(12-8-17)5-4-6-21(24)22-15-16-23(3)27(25,26)20-13-9-18(2)10-14-20/h7-14H,4-6,15-16H2,1-3H3,(H,22,24). The molecule has 0 atom stereocenters. The fourth-order valence-corrected chi connectivity index (χ4v) is 3.83. The van der Waals surface area contributed by atoms with E-state index in [1.54, 1.807) is 24.3 Å². The number of sulfonamides is 1. The van der Waals surface area contributed by atoms with Crippen molar-refractivity contribution in [3.05, 3.63) is 65.2 Å². The van der Waals surface area contributed by atoms with Crippen molar-refractivity contribution in [3.8, 4) is 0 Å². The molecule has 0 aliphatic heterocycles. The number of nitrogens with one attached hydrogen (secondary N) is 1. The Morgan fingerprint density at radius 3 is 2.11 bits per heavy atom. The Bertz CT molecular complexity index is 844. The van der Waals surface area contributed by atoms with Crippen molar-refractivity contribution in [2.24, 2.45) is 0 Å². The molecule has 2 aromatic carbocycles. The van der Waals surface area contributed by atoms with Crippen LogP contribution >= 0.6 is 0 Å². The van der Waals surface area contributed by atoms with Gasteiger partial charge in [-0.15, -0.1) is 0 Å². The van der Waals surface area contributed by atoms with Crippen molar-refractivity contribution in [2.45, 2.75) is 38.0 Å². The maximum Gasteiger partial charge on any atom is 0.242 e. The molecule has 5 nitrogen and oxygen atoms in total. The first-order valence-corrected chi connectivity index (χ1v) is 10.6. The van der Waals surface area contributed by atoms with Gasteiger partial charge in [-0.3, -0.25) is 4.79 Å². The van der Waals surface area contributed by atoms with Gasteiger partial charge in [0, 0.05) is 26.6 Å². The van der Waals surface area contributed by atoms with Crippen LogP contribution in [0, 0.1) is 13.8 Å². The highest BCUT2D eigenvalue weighted by Gasteiger charge is 2.20. The number of nitrogens with zero attached hydrogens (tertiary/aromatic N) is 1. The van der Waals surface area contributed by atoms with E-state index in [-0.39, 0.29) is 17.3 Å². The Kier molecular flexibility index (Phi) is 7.56. The zero-order valence-corrected chi connectivity index (χ0v) is 17.1. The third-order valence-electron chi connectivity index (χ3n) is 4.47. The van der Waals surface area contributed by atoms with Gasteiger partial charge in [0.05, 0.1) is 4.90 Å². The SMILES string of the molecule is Cc1ccc(CCCC(=O)NCCN(C)S(=O)(=O)c2ccc(C)cc2)cc1. The molecule has 0 heterocycles. The largest absolute Gasteiger partial charge is 0.355 e. The number of hydrogen-bond donors (Lipinski definition) is 1. The lowest BCUT2D eigenvalue weighted by Crippen LogP contribution is -2.36. The number of hydrogen-bond acceptors (Lipinski definition) is 3. The third kappa shape index (κ3) is 6.48. The van der Waals surface area contributed by atoms with Crippen molar-refractivity contribution in [1.29, 1.82) is 0 Å². The molecule has 0 spiro atoms. The Labute approximate surface area is 162 Å². The van der Waals surface area contributed by atoms with E-state index in [0.717, 1.165) is 18.4 Å². The van der Waals surface area contributed by atoms with Crippen molar-refractivity contribution in [2.75, 3.05) is 20.1 Å². The zero-order valence-electron chi connectivity index (χ0n) is 16.2. The van der Waals surface area contributed by atoms with Crippen molar-refractivity contribution >= 4 is 15.9 Å². The van der Waals surface area contributed by atoms with Gasteiger partial charge in [-0.05, 0) is 44.4 Å². The summed E-state index contributed by atoms with van der Waals surface area (Å²) in [5.74, 6) is -0.0526. The van der Waals surface area contributed by atoms with Crippen LogP contribution in [0.4, 0.5) is 0 Å². The first-order valence-electron chi connectivity index (χ1n) is 9.14. The number of likely N-dealkylation sites (N-methyl/N-ethyl adjacent to an activating group) is 1. The summed E-state index contributed by atoms with van der Waals surface area (Å²) in [7, 11) is -2.00. The van der Waals surface area contributed by atoms with Gasteiger partial charge in [0.2, 0.25) is 15.9 Å². The lowest BCUT2D eigenvalue weighted by Gasteiger charge is -2.17. The number of benzene rings is 2. The first-order chi connectivity index (χ1) is 12.8. The Morgan fingerprint density at radius 1 is 0.963 bits per heavy atom. The summed E-state index contributed by atoms with van der Waals surface area (Å²) >= 11 is 0. The normalized spacial score (nSPS) is 11.6. The van der Waals surface area contributed by atoms with Crippen LogP contribution in [-0.2, 0) is 21.2 Å². The summed E-state index contributed by atoms with van der Waals surface area (Å²) in [6.07, 6.45) is 2.06. The minimum atomic E-state index is -3.53. The van der Waals surface area contributed by atoms with E-state index in [1.165, 1.54) is 22.5 Å². The summed E-state index contributed by atoms with van der Waals surface area (Å²) in [5.41, 5.74) is 3.45. The second-order valence-electron chi connectivity index (χ2n) is 6.83. The maximum absolute atomic E-state index is 12.5. The molecule has 2 aromatic rings. The fraction of sp³-hybridized carbons (Fsp3) is 0.381. The maximum atomic E-state index is 12.5. The van der Waals surface area contributed by atoms with E-state index in [0.29, 0.717) is 13.0 Å². The molecule has 0 aromatic heterocycles. The molecule has 1 amide bonds. The van der Waals surface area contributed by atoms with Crippen LogP contribution in [0.2, 0.25) is 0 Å². The minimum absolute atomic E-state index is 0.0526. The van der Waals surface area contributed by atoms with Crippen LogP contribution in [0.5, 0.6) is 0 Å². The molecular formula is C21H28N2O3S. The van der Waals surface area contributed by atoms with Crippen molar-refractivity contribution in [3.63, 3.8) is 0 Å². The van der Waals surface area contributed by atoms with E-state index in [1.807, 2.05) is 13.8 Å². The highest BCUT2D eigenvalue weighted by atomic mass is 32.2. The molecule has 0 aliphatic rings. The predicted octanol–water partition coefficient (Wildman–Crippen LogP) is 3.06.